The molecule has 1 aliphatic heterocycles. The maximum atomic E-state index is 14.8. The van der Waals surface area contributed by atoms with Crippen molar-refractivity contribution in [2.75, 3.05) is 18.5 Å². The largest absolute Gasteiger partial charge is 0.389 e. The van der Waals surface area contributed by atoms with E-state index in [0.29, 0.717) is 30.5 Å². The molecule has 34 heavy (non-hydrogen) atoms. The molecule has 4 rings (SSSR count). The number of aromatic nitrogens is 3. The van der Waals surface area contributed by atoms with Gasteiger partial charge in [-0.1, -0.05) is 19.9 Å². The zero-order chi connectivity index (χ0) is 24.4. The molecular formula is C25H32FN5O3. The van der Waals surface area contributed by atoms with Crippen LogP contribution in [0, 0.1) is 5.82 Å². The molecule has 1 aromatic carbocycles. The van der Waals surface area contributed by atoms with Crippen molar-refractivity contribution in [3.8, 4) is 11.3 Å². The number of hydrogen-bond acceptors (Lipinski definition) is 7. The van der Waals surface area contributed by atoms with Crippen molar-refractivity contribution in [2.24, 2.45) is 0 Å². The van der Waals surface area contributed by atoms with Gasteiger partial charge < -0.3 is 25.0 Å². The molecule has 1 saturated heterocycles. The van der Waals surface area contributed by atoms with Crippen molar-refractivity contribution in [2.45, 2.75) is 64.9 Å². The molecule has 182 valence electrons. The zero-order valence-corrected chi connectivity index (χ0v) is 20.0. The Hall–Kier alpha value is -2.88. The van der Waals surface area contributed by atoms with E-state index in [1.54, 1.807) is 18.2 Å². The van der Waals surface area contributed by atoms with Gasteiger partial charge in [-0.2, -0.15) is 0 Å². The Morgan fingerprint density at radius 1 is 1.26 bits per heavy atom. The molecule has 0 saturated carbocycles. The number of aliphatic hydroxyl groups is 1. The van der Waals surface area contributed by atoms with E-state index in [1.807, 2.05) is 6.07 Å². The van der Waals surface area contributed by atoms with Gasteiger partial charge in [0.1, 0.15) is 5.69 Å². The van der Waals surface area contributed by atoms with Crippen LogP contribution in [-0.2, 0) is 11.3 Å². The van der Waals surface area contributed by atoms with Crippen LogP contribution in [0.5, 0.6) is 0 Å². The van der Waals surface area contributed by atoms with Crippen LogP contribution < -0.4 is 16.1 Å². The van der Waals surface area contributed by atoms with Gasteiger partial charge in [0.2, 0.25) is 5.95 Å². The molecule has 8 nitrogen and oxygen atoms in total. The summed E-state index contributed by atoms with van der Waals surface area (Å²) in [7, 11) is 0. The third kappa shape index (κ3) is 5.11. The summed E-state index contributed by atoms with van der Waals surface area (Å²) in [6, 6.07) is 7.00. The molecule has 3 heterocycles. The molecule has 1 aliphatic rings. The van der Waals surface area contributed by atoms with Crippen LogP contribution in [0.2, 0.25) is 0 Å². The number of halogens is 1. The molecule has 2 aromatic heterocycles. The van der Waals surface area contributed by atoms with Gasteiger partial charge in [0.25, 0.3) is 0 Å². The average Bonchev–Trinajstić information content (AvgIpc) is 2.79. The summed E-state index contributed by atoms with van der Waals surface area (Å²) in [5, 5.41) is 17.2. The maximum absolute atomic E-state index is 14.8. The second-order valence-corrected chi connectivity index (χ2v) is 9.30. The Morgan fingerprint density at radius 2 is 2.06 bits per heavy atom. The lowest BCUT2D eigenvalue weighted by Crippen LogP contribution is -2.42. The Labute approximate surface area is 198 Å². The summed E-state index contributed by atoms with van der Waals surface area (Å²) in [5.74, 6) is -0.327. The standard InChI is InChI=1S/C25H32FN5O3/c1-14(2)27-11-17-10-22(32)18-6-5-16(9-21(18)31(17)15(3)4)24-19(26)12-28-25(30-24)29-20-7-8-34-13-23(20)33/h5-6,9-10,12,14-15,20,23,27,33H,7-8,11,13H2,1-4H3,(H,28,29,30)/t20-,23-/m1/s1. The van der Waals surface area contributed by atoms with Gasteiger partial charge in [-0.15, -0.1) is 0 Å². The van der Waals surface area contributed by atoms with E-state index in [9.17, 15) is 14.3 Å². The summed E-state index contributed by atoms with van der Waals surface area (Å²) < 4.78 is 22.2. The van der Waals surface area contributed by atoms with E-state index in [0.717, 1.165) is 17.4 Å². The maximum Gasteiger partial charge on any atom is 0.223 e. The molecule has 0 unspecified atom stereocenters. The summed E-state index contributed by atoms with van der Waals surface area (Å²) in [5.41, 5.74) is 2.21. The second-order valence-electron chi connectivity index (χ2n) is 9.30. The quantitative estimate of drug-likeness (QED) is 0.488. The third-order valence-corrected chi connectivity index (χ3v) is 6.00. The Bertz CT molecular complexity index is 1230. The van der Waals surface area contributed by atoms with E-state index in [-0.39, 0.29) is 41.8 Å². The van der Waals surface area contributed by atoms with Crippen molar-refractivity contribution in [1.29, 1.82) is 0 Å². The van der Waals surface area contributed by atoms with Gasteiger partial charge >= 0.3 is 0 Å². The molecule has 0 aliphatic carbocycles. The number of rotatable bonds is 7. The highest BCUT2D eigenvalue weighted by atomic mass is 19.1. The van der Waals surface area contributed by atoms with E-state index >= 15 is 0 Å². The van der Waals surface area contributed by atoms with Crippen LogP contribution in [0.3, 0.4) is 0 Å². The molecular weight excluding hydrogens is 437 g/mol. The van der Waals surface area contributed by atoms with Crippen LogP contribution >= 0.6 is 0 Å². The first-order valence-electron chi connectivity index (χ1n) is 11.7. The van der Waals surface area contributed by atoms with Gasteiger partial charge in [0.05, 0.1) is 30.5 Å². The van der Waals surface area contributed by atoms with Crippen LogP contribution in [-0.4, -0.2) is 51.0 Å². The van der Waals surface area contributed by atoms with Gasteiger partial charge in [-0.25, -0.2) is 14.4 Å². The number of fused-ring (bicyclic) bond motifs is 1. The fourth-order valence-corrected chi connectivity index (χ4v) is 4.29. The minimum Gasteiger partial charge on any atom is -0.389 e. The normalized spacial score (nSPS) is 18.7. The average molecular weight is 470 g/mol. The minimum absolute atomic E-state index is 0.0713. The van der Waals surface area contributed by atoms with Crippen LogP contribution in [0.4, 0.5) is 10.3 Å². The van der Waals surface area contributed by atoms with Gasteiger partial charge in [0, 0.05) is 47.9 Å². The summed E-state index contributed by atoms with van der Waals surface area (Å²) in [6.07, 6.45) is 1.03. The molecule has 2 atom stereocenters. The first kappa shape index (κ1) is 24.3. The lowest BCUT2D eigenvalue weighted by Gasteiger charge is -2.28. The number of nitrogens with zero attached hydrogens (tertiary/aromatic N) is 3. The highest BCUT2D eigenvalue weighted by Gasteiger charge is 2.25. The molecule has 3 N–H and O–H groups in total. The predicted molar refractivity (Wildman–Crippen MR) is 130 cm³/mol. The van der Waals surface area contributed by atoms with E-state index in [2.05, 4.69) is 52.9 Å². The van der Waals surface area contributed by atoms with Gasteiger partial charge in [-0.05, 0) is 32.4 Å². The molecule has 1 fully saturated rings. The van der Waals surface area contributed by atoms with Crippen LogP contribution in [0.25, 0.3) is 22.2 Å². The topological polar surface area (TPSA) is 101 Å². The van der Waals surface area contributed by atoms with Crippen molar-refractivity contribution >= 4 is 16.9 Å². The van der Waals surface area contributed by atoms with E-state index < -0.39 is 11.9 Å². The van der Waals surface area contributed by atoms with E-state index in [4.69, 9.17) is 4.74 Å². The lowest BCUT2D eigenvalue weighted by atomic mass is 10.1. The second kappa shape index (κ2) is 10.2. The summed E-state index contributed by atoms with van der Waals surface area (Å²) in [4.78, 5) is 21.3. The Morgan fingerprint density at radius 3 is 2.76 bits per heavy atom. The van der Waals surface area contributed by atoms with Gasteiger partial charge in [0.15, 0.2) is 11.2 Å². The van der Waals surface area contributed by atoms with E-state index in [1.165, 1.54) is 0 Å². The van der Waals surface area contributed by atoms with Crippen molar-refractivity contribution in [3.05, 3.63) is 52.2 Å². The highest BCUT2D eigenvalue weighted by Crippen LogP contribution is 2.27. The smallest absolute Gasteiger partial charge is 0.223 e. The SMILES string of the molecule is CC(C)NCc1cc(=O)c2ccc(-c3nc(N[C@@H]4CCOC[C@H]4O)ncc3F)cc2n1C(C)C. The first-order valence-corrected chi connectivity index (χ1v) is 11.7. The van der Waals surface area contributed by atoms with Crippen LogP contribution in [0.15, 0.2) is 35.3 Å². The fourth-order valence-electron chi connectivity index (χ4n) is 4.29. The Kier molecular flexibility index (Phi) is 7.25. The first-order chi connectivity index (χ1) is 16.2. The molecule has 0 spiro atoms. The fraction of sp³-hybridized carbons (Fsp3) is 0.480. The monoisotopic (exact) mass is 469 g/mol. The number of anilines is 1. The molecule has 9 heteroatoms. The molecule has 0 amide bonds. The lowest BCUT2D eigenvalue weighted by molar-refractivity contribution is -0.0136. The molecule has 0 bridgehead atoms. The molecule has 3 aromatic rings. The summed E-state index contributed by atoms with van der Waals surface area (Å²) >= 11 is 0. The van der Waals surface area contributed by atoms with Gasteiger partial charge in [-0.3, -0.25) is 4.79 Å². The van der Waals surface area contributed by atoms with Crippen molar-refractivity contribution in [3.63, 3.8) is 0 Å². The number of benzene rings is 1. The number of pyridine rings is 1. The number of nitrogens with one attached hydrogen (secondary N) is 2. The van der Waals surface area contributed by atoms with Crippen molar-refractivity contribution in [1.82, 2.24) is 19.9 Å². The van der Waals surface area contributed by atoms with Crippen molar-refractivity contribution < 1.29 is 14.2 Å². The summed E-state index contributed by atoms with van der Waals surface area (Å²) in [6.45, 7) is 9.53. The number of hydrogen-bond donors (Lipinski definition) is 3. The Balaban J connectivity index is 1.77. The third-order valence-electron chi connectivity index (χ3n) is 6.00. The van der Waals surface area contributed by atoms with Crippen LogP contribution in [0.1, 0.15) is 45.9 Å². The predicted octanol–water partition coefficient (Wildman–Crippen LogP) is 3.24. The minimum atomic E-state index is -0.690. The highest BCUT2D eigenvalue weighted by molar-refractivity contribution is 5.84. The molecule has 0 radical (unpaired) electrons. The zero-order valence-electron chi connectivity index (χ0n) is 20.0. The number of ether oxygens (including phenoxy) is 1. The number of aliphatic hydroxyl groups excluding tert-OH is 1.